The molecular formula is C20H28N4O5. The fourth-order valence-electron chi connectivity index (χ4n) is 4.18. The summed E-state index contributed by atoms with van der Waals surface area (Å²) in [5.41, 5.74) is 2.00. The van der Waals surface area contributed by atoms with Crippen molar-refractivity contribution >= 4 is 29.4 Å². The highest BCUT2D eigenvalue weighted by Crippen LogP contribution is 2.39. The number of imide groups is 1. The van der Waals surface area contributed by atoms with Crippen molar-refractivity contribution in [2.75, 3.05) is 5.32 Å². The summed E-state index contributed by atoms with van der Waals surface area (Å²) in [6, 6.07) is -1.06. The normalized spacial score (nSPS) is 23.6. The van der Waals surface area contributed by atoms with Crippen molar-refractivity contribution in [2.24, 2.45) is 18.9 Å². The Bertz CT molecular complexity index is 837. The summed E-state index contributed by atoms with van der Waals surface area (Å²) < 4.78 is 6.92. The number of carbonyl (C=O) groups excluding carboxylic acids is 4. The Labute approximate surface area is 169 Å². The lowest BCUT2D eigenvalue weighted by molar-refractivity contribution is -0.163. The first-order valence-corrected chi connectivity index (χ1v) is 10.0. The van der Waals surface area contributed by atoms with Crippen LogP contribution in [0.2, 0.25) is 0 Å². The van der Waals surface area contributed by atoms with Crippen LogP contribution in [0.15, 0.2) is 0 Å². The number of carbonyl (C=O) groups is 4. The van der Waals surface area contributed by atoms with Gasteiger partial charge in [-0.05, 0) is 40.5 Å². The monoisotopic (exact) mass is 404 g/mol. The van der Waals surface area contributed by atoms with Crippen molar-refractivity contribution in [3.63, 3.8) is 0 Å². The second-order valence-corrected chi connectivity index (χ2v) is 7.96. The van der Waals surface area contributed by atoms with E-state index in [1.165, 1.54) is 13.8 Å². The maximum absolute atomic E-state index is 12.6. The molecule has 1 aliphatic carbocycles. The number of anilines is 1. The number of hydrogen-bond acceptors (Lipinski definition) is 6. The van der Waals surface area contributed by atoms with Crippen LogP contribution in [0.5, 0.6) is 0 Å². The minimum Gasteiger partial charge on any atom is -0.451 e. The van der Waals surface area contributed by atoms with E-state index in [2.05, 4.69) is 10.4 Å². The first kappa shape index (κ1) is 21.0. The molecule has 1 aromatic heterocycles. The number of esters is 1. The minimum absolute atomic E-state index is 0.303. The molecule has 0 spiro atoms. The molecule has 158 valence electrons. The Morgan fingerprint density at radius 3 is 2.14 bits per heavy atom. The van der Waals surface area contributed by atoms with E-state index in [0.29, 0.717) is 24.2 Å². The molecule has 1 aromatic rings. The van der Waals surface area contributed by atoms with Crippen LogP contribution < -0.4 is 5.32 Å². The summed E-state index contributed by atoms with van der Waals surface area (Å²) in [6.07, 6.45) is 2.10. The van der Waals surface area contributed by atoms with Gasteiger partial charge in [0.1, 0.15) is 6.04 Å². The molecule has 2 heterocycles. The molecular weight excluding hydrogens is 376 g/mol. The number of nitrogens with one attached hydrogen (secondary N) is 1. The molecule has 1 saturated heterocycles. The van der Waals surface area contributed by atoms with Crippen LogP contribution in [0.3, 0.4) is 0 Å². The topological polar surface area (TPSA) is 111 Å². The maximum Gasteiger partial charge on any atom is 0.329 e. The van der Waals surface area contributed by atoms with Crippen molar-refractivity contribution in [3.8, 4) is 0 Å². The smallest absolute Gasteiger partial charge is 0.329 e. The average Bonchev–Trinajstić information content (AvgIpc) is 3.08. The largest absolute Gasteiger partial charge is 0.451 e. The zero-order valence-electron chi connectivity index (χ0n) is 17.5. The van der Waals surface area contributed by atoms with Gasteiger partial charge in [-0.3, -0.25) is 24.0 Å². The molecule has 0 radical (unpaired) electrons. The fourth-order valence-corrected chi connectivity index (χ4v) is 4.18. The minimum atomic E-state index is -1.08. The lowest BCUT2D eigenvalue weighted by atomic mass is 9.81. The van der Waals surface area contributed by atoms with E-state index in [1.54, 1.807) is 18.7 Å². The van der Waals surface area contributed by atoms with Gasteiger partial charge in [0, 0.05) is 7.05 Å². The van der Waals surface area contributed by atoms with E-state index < -0.39 is 24.0 Å². The molecule has 1 aliphatic heterocycles. The standard InChI is InChI=1S/C20H28N4O5/c1-10-16(11(2)23(5)22-10)21-17(25)13(4)29-20(28)12(3)24-18(26)14-8-6-7-9-15(14)19(24)27/h12-15H,6-9H2,1-5H3,(H,21,25)/t12-,13+,14-,15-/m0/s1. The van der Waals surface area contributed by atoms with E-state index in [4.69, 9.17) is 4.74 Å². The molecule has 2 fully saturated rings. The molecule has 29 heavy (non-hydrogen) atoms. The van der Waals surface area contributed by atoms with Crippen molar-refractivity contribution in [3.05, 3.63) is 11.4 Å². The van der Waals surface area contributed by atoms with Gasteiger partial charge in [0.25, 0.3) is 5.91 Å². The van der Waals surface area contributed by atoms with Crippen LogP contribution in [-0.2, 0) is 31.0 Å². The zero-order valence-corrected chi connectivity index (χ0v) is 17.5. The van der Waals surface area contributed by atoms with E-state index in [0.717, 1.165) is 23.4 Å². The molecule has 2 aliphatic rings. The molecule has 3 amide bonds. The third kappa shape index (κ3) is 3.77. The van der Waals surface area contributed by atoms with Gasteiger partial charge < -0.3 is 10.1 Å². The Kier molecular flexibility index (Phi) is 5.77. The average molecular weight is 404 g/mol. The van der Waals surface area contributed by atoms with E-state index in [9.17, 15) is 19.2 Å². The van der Waals surface area contributed by atoms with Crippen molar-refractivity contribution in [1.82, 2.24) is 14.7 Å². The van der Waals surface area contributed by atoms with Crippen LogP contribution in [-0.4, -0.2) is 50.5 Å². The lowest BCUT2D eigenvalue weighted by Crippen LogP contribution is -2.46. The maximum atomic E-state index is 12.6. The summed E-state index contributed by atoms with van der Waals surface area (Å²) in [7, 11) is 1.77. The van der Waals surface area contributed by atoms with Gasteiger partial charge >= 0.3 is 5.97 Å². The summed E-state index contributed by atoms with van der Waals surface area (Å²) in [5, 5.41) is 6.95. The number of ether oxygens (including phenoxy) is 1. The predicted molar refractivity (Wildman–Crippen MR) is 104 cm³/mol. The van der Waals surface area contributed by atoms with Gasteiger partial charge in [-0.15, -0.1) is 0 Å². The second-order valence-electron chi connectivity index (χ2n) is 7.96. The molecule has 3 rings (SSSR count). The molecule has 0 aromatic carbocycles. The van der Waals surface area contributed by atoms with Gasteiger partial charge in [-0.25, -0.2) is 4.79 Å². The number of amides is 3. The third-order valence-corrected chi connectivity index (χ3v) is 6.02. The Hall–Kier alpha value is -2.71. The first-order chi connectivity index (χ1) is 13.6. The molecule has 1 saturated carbocycles. The summed E-state index contributed by atoms with van der Waals surface area (Å²) in [5.74, 6) is -2.54. The SMILES string of the molecule is Cc1nn(C)c(C)c1NC(=O)[C@@H](C)OC(=O)[C@H](C)N1C(=O)[C@H]2CCCC[C@@H]2C1=O. The molecule has 9 nitrogen and oxygen atoms in total. The van der Waals surface area contributed by atoms with Crippen LogP contribution in [0.4, 0.5) is 5.69 Å². The van der Waals surface area contributed by atoms with Crippen LogP contribution in [0.25, 0.3) is 0 Å². The number of likely N-dealkylation sites (tertiary alicyclic amines) is 1. The van der Waals surface area contributed by atoms with Gasteiger partial charge in [0.15, 0.2) is 6.10 Å². The predicted octanol–water partition coefficient (Wildman–Crippen LogP) is 1.47. The number of rotatable bonds is 5. The van der Waals surface area contributed by atoms with Crippen molar-refractivity contribution < 1.29 is 23.9 Å². The number of nitrogens with zero attached hydrogens (tertiary/aromatic N) is 3. The first-order valence-electron chi connectivity index (χ1n) is 10.0. The van der Waals surface area contributed by atoms with Gasteiger partial charge in [-0.2, -0.15) is 5.10 Å². The third-order valence-electron chi connectivity index (χ3n) is 6.02. The number of aryl methyl sites for hydroxylation is 2. The molecule has 1 N–H and O–H groups in total. The van der Waals surface area contributed by atoms with E-state index >= 15 is 0 Å². The highest BCUT2D eigenvalue weighted by Gasteiger charge is 2.51. The highest BCUT2D eigenvalue weighted by atomic mass is 16.5. The van der Waals surface area contributed by atoms with Gasteiger partial charge in [0.2, 0.25) is 11.8 Å². The lowest BCUT2D eigenvalue weighted by Gasteiger charge is -2.23. The quantitative estimate of drug-likeness (QED) is 0.588. The van der Waals surface area contributed by atoms with E-state index in [-0.39, 0.29) is 23.7 Å². The number of aromatic nitrogens is 2. The summed E-state index contributed by atoms with van der Waals surface area (Å²) in [4.78, 5) is 51.4. The Morgan fingerprint density at radius 1 is 1.10 bits per heavy atom. The van der Waals surface area contributed by atoms with Crippen molar-refractivity contribution in [2.45, 2.75) is 65.5 Å². The highest BCUT2D eigenvalue weighted by molar-refractivity contribution is 6.08. The Morgan fingerprint density at radius 2 is 1.66 bits per heavy atom. The van der Waals surface area contributed by atoms with Gasteiger partial charge in [0.05, 0.1) is 28.9 Å². The Balaban J connectivity index is 1.63. The molecule has 0 unspecified atom stereocenters. The molecule has 9 heteroatoms. The summed E-state index contributed by atoms with van der Waals surface area (Å²) in [6.45, 7) is 6.51. The number of hydrogen-bond donors (Lipinski definition) is 1. The molecule has 0 bridgehead atoms. The van der Waals surface area contributed by atoms with Crippen LogP contribution in [0.1, 0.15) is 50.9 Å². The second kappa shape index (κ2) is 7.96. The molecule has 4 atom stereocenters. The summed E-state index contributed by atoms with van der Waals surface area (Å²) >= 11 is 0. The number of fused-ring (bicyclic) bond motifs is 1. The van der Waals surface area contributed by atoms with Crippen molar-refractivity contribution in [1.29, 1.82) is 0 Å². The zero-order chi connectivity index (χ0) is 21.5. The fraction of sp³-hybridized carbons (Fsp3) is 0.650. The van der Waals surface area contributed by atoms with Gasteiger partial charge in [-0.1, -0.05) is 12.8 Å². The van der Waals surface area contributed by atoms with Crippen LogP contribution in [0, 0.1) is 25.7 Å². The van der Waals surface area contributed by atoms with Crippen LogP contribution >= 0.6 is 0 Å². The van der Waals surface area contributed by atoms with E-state index in [1.807, 2.05) is 6.92 Å².